The highest BCUT2D eigenvalue weighted by Gasteiger charge is 2.23. The second kappa shape index (κ2) is 11.8. The number of carbonyl (C=O) groups excluding carboxylic acids is 3. The lowest BCUT2D eigenvalue weighted by Crippen LogP contribution is -2.50. The van der Waals surface area contributed by atoms with Gasteiger partial charge >= 0.3 is 6.03 Å². The van der Waals surface area contributed by atoms with E-state index in [1.807, 2.05) is 30.3 Å². The smallest absolute Gasteiger partial charge is 0.315 e. The summed E-state index contributed by atoms with van der Waals surface area (Å²) in [7, 11) is 0. The molecule has 35 heavy (non-hydrogen) atoms. The van der Waals surface area contributed by atoms with E-state index in [-0.39, 0.29) is 11.9 Å². The fourth-order valence-corrected chi connectivity index (χ4v) is 5.35. The van der Waals surface area contributed by atoms with Gasteiger partial charge in [0.05, 0.1) is 4.88 Å². The van der Waals surface area contributed by atoms with Crippen molar-refractivity contribution in [2.75, 3.05) is 11.9 Å². The van der Waals surface area contributed by atoms with Crippen LogP contribution in [0.15, 0.2) is 54.6 Å². The van der Waals surface area contributed by atoms with Crippen molar-refractivity contribution < 1.29 is 19.6 Å². The van der Waals surface area contributed by atoms with Crippen LogP contribution in [0.1, 0.15) is 47.3 Å². The molecule has 0 aliphatic heterocycles. The third-order valence-electron chi connectivity index (χ3n) is 6.29. The molecule has 5 N–H and O–H groups in total. The van der Waals surface area contributed by atoms with Gasteiger partial charge in [-0.2, -0.15) is 0 Å². The molecule has 9 heteroatoms. The van der Waals surface area contributed by atoms with Crippen LogP contribution in [0.5, 0.6) is 0 Å². The Morgan fingerprint density at radius 3 is 2.51 bits per heavy atom. The highest BCUT2D eigenvalue weighted by Crippen LogP contribution is 2.28. The van der Waals surface area contributed by atoms with Crippen molar-refractivity contribution in [2.24, 2.45) is 5.92 Å². The van der Waals surface area contributed by atoms with Crippen molar-refractivity contribution in [1.82, 2.24) is 16.1 Å². The summed E-state index contributed by atoms with van der Waals surface area (Å²) in [5, 5.41) is 18.3. The summed E-state index contributed by atoms with van der Waals surface area (Å²) in [6, 6.07) is 15.4. The molecule has 1 heterocycles. The van der Waals surface area contributed by atoms with E-state index in [9.17, 15) is 14.4 Å². The Morgan fingerprint density at radius 1 is 1.00 bits per heavy atom. The number of hydrogen-bond donors (Lipinski definition) is 5. The maximum atomic E-state index is 13.2. The summed E-state index contributed by atoms with van der Waals surface area (Å²) in [5.41, 5.74) is 3.12. The van der Waals surface area contributed by atoms with E-state index >= 15 is 0 Å². The topological polar surface area (TPSA) is 120 Å². The van der Waals surface area contributed by atoms with E-state index < -0.39 is 11.9 Å². The van der Waals surface area contributed by atoms with Crippen LogP contribution < -0.4 is 21.4 Å². The molecular formula is C26H30N4O4S. The Morgan fingerprint density at radius 2 is 1.77 bits per heavy atom. The first-order valence-corrected chi connectivity index (χ1v) is 12.7. The first-order chi connectivity index (χ1) is 17.0. The zero-order valence-corrected chi connectivity index (χ0v) is 20.2. The minimum atomic E-state index is -0.766. The van der Waals surface area contributed by atoms with Crippen LogP contribution in [-0.2, 0) is 11.2 Å². The molecule has 1 aliphatic carbocycles. The van der Waals surface area contributed by atoms with Crippen LogP contribution in [0.2, 0.25) is 0 Å². The molecule has 1 unspecified atom stereocenters. The van der Waals surface area contributed by atoms with Gasteiger partial charge in [-0.3, -0.25) is 14.8 Å². The SMILES string of the molecule is O=C(NCC1CCCCC1)NC(Cc1ccccc1)C(=O)Nc1ccc2sc(C(=O)NO)cc2c1. The lowest BCUT2D eigenvalue weighted by Gasteiger charge is -2.23. The summed E-state index contributed by atoms with van der Waals surface area (Å²) in [4.78, 5) is 37.9. The maximum Gasteiger partial charge on any atom is 0.315 e. The second-order valence-corrected chi connectivity index (χ2v) is 9.98. The highest BCUT2D eigenvalue weighted by atomic mass is 32.1. The number of hydrogen-bond acceptors (Lipinski definition) is 5. The molecule has 0 radical (unpaired) electrons. The number of thiophene rings is 1. The molecule has 0 saturated heterocycles. The zero-order valence-electron chi connectivity index (χ0n) is 19.4. The number of carbonyl (C=O) groups is 3. The average molecular weight is 495 g/mol. The van der Waals surface area contributed by atoms with Gasteiger partial charge in [-0.1, -0.05) is 49.6 Å². The molecule has 8 nitrogen and oxygen atoms in total. The van der Waals surface area contributed by atoms with Crippen LogP contribution in [0.3, 0.4) is 0 Å². The van der Waals surface area contributed by atoms with Crippen LogP contribution in [0.4, 0.5) is 10.5 Å². The molecule has 1 aromatic heterocycles. The molecule has 1 fully saturated rings. The Hall–Kier alpha value is -3.43. The van der Waals surface area contributed by atoms with Crippen LogP contribution in [0, 0.1) is 5.92 Å². The lowest BCUT2D eigenvalue weighted by molar-refractivity contribution is -0.117. The average Bonchev–Trinajstić information content (AvgIpc) is 3.31. The summed E-state index contributed by atoms with van der Waals surface area (Å²) >= 11 is 1.24. The van der Waals surface area contributed by atoms with Gasteiger partial charge in [0.1, 0.15) is 6.04 Å². The number of benzene rings is 2. The van der Waals surface area contributed by atoms with Gasteiger partial charge in [-0.05, 0) is 54.0 Å². The number of nitrogens with one attached hydrogen (secondary N) is 4. The van der Waals surface area contributed by atoms with Gasteiger partial charge in [0.25, 0.3) is 5.91 Å². The van der Waals surface area contributed by atoms with Gasteiger partial charge in [0, 0.05) is 23.4 Å². The molecular weight excluding hydrogens is 464 g/mol. The van der Waals surface area contributed by atoms with Gasteiger partial charge in [0.15, 0.2) is 0 Å². The molecule has 184 valence electrons. The largest absolute Gasteiger partial charge is 0.338 e. The molecule has 1 atom stereocenters. The molecule has 4 rings (SSSR count). The van der Waals surface area contributed by atoms with Crippen LogP contribution in [-0.4, -0.2) is 35.6 Å². The van der Waals surface area contributed by atoms with E-state index in [1.165, 1.54) is 30.6 Å². The molecule has 4 amide bonds. The van der Waals surface area contributed by atoms with E-state index in [4.69, 9.17) is 5.21 Å². The zero-order chi connectivity index (χ0) is 24.6. The summed E-state index contributed by atoms with van der Waals surface area (Å²) in [6.45, 7) is 0.615. The summed E-state index contributed by atoms with van der Waals surface area (Å²) in [6.07, 6.45) is 6.27. The van der Waals surface area contributed by atoms with Gasteiger partial charge in [-0.15, -0.1) is 11.3 Å². The Kier molecular flexibility index (Phi) is 8.33. The third kappa shape index (κ3) is 6.80. The Bertz CT molecular complexity index is 1170. The van der Waals surface area contributed by atoms with Crippen molar-refractivity contribution in [3.63, 3.8) is 0 Å². The molecule has 3 aromatic rings. The van der Waals surface area contributed by atoms with E-state index in [2.05, 4.69) is 16.0 Å². The number of rotatable bonds is 8. The van der Waals surface area contributed by atoms with E-state index in [0.717, 1.165) is 28.5 Å². The summed E-state index contributed by atoms with van der Waals surface area (Å²) in [5.74, 6) is -0.418. The normalized spacial score (nSPS) is 14.8. The van der Waals surface area contributed by atoms with Crippen LogP contribution >= 0.6 is 11.3 Å². The number of fused-ring (bicyclic) bond motifs is 1. The second-order valence-electron chi connectivity index (χ2n) is 8.89. The number of amides is 4. The Labute approximate surface area is 208 Å². The number of urea groups is 1. The lowest BCUT2D eigenvalue weighted by atomic mass is 9.89. The number of anilines is 1. The van der Waals surface area contributed by atoms with Crippen molar-refractivity contribution in [1.29, 1.82) is 0 Å². The monoisotopic (exact) mass is 494 g/mol. The fraction of sp³-hybridized carbons (Fsp3) is 0.346. The quantitative estimate of drug-likeness (QED) is 0.235. The maximum absolute atomic E-state index is 13.2. The van der Waals surface area contributed by atoms with Gasteiger partial charge in [-0.25, -0.2) is 10.3 Å². The summed E-state index contributed by atoms with van der Waals surface area (Å²) < 4.78 is 0.850. The molecule has 1 aliphatic rings. The van der Waals surface area contributed by atoms with Gasteiger partial charge in [0.2, 0.25) is 5.91 Å². The van der Waals surface area contributed by atoms with E-state index in [1.54, 1.807) is 29.7 Å². The van der Waals surface area contributed by atoms with Crippen molar-refractivity contribution >= 4 is 45.0 Å². The van der Waals surface area contributed by atoms with Gasteiger partial charge < -0.3 is 16.0 Å². The fourth-order valence-electron chi connectivity index (χ4n) is 4.41. The first kappa shape index (κ1) is 24.7. The van der Waals surface area contributed by atoms with Crippen molar-refractivity contribution in [3.05, 3.63) is 65.0 Å². The first-order valence-electron chi connectivity index (χ1n) is 11.9. The molecule has 0 bridgehead atoms. The Balaban J connectivity index is 1.44. The standard InChI is InChI=1S/C26H30N4O4S/c31-24(28-20-11-12-22-19(14-20)15-23(35-22)25(32)30-34)21(13-17-7-3-1-4-8-17)29-26(33)27-16-18-9-5-2-6-10-18/h1,3-4,7-8,11-12,14-15,18,21,34H,2,5-6,9-10,13,16H2,(H,28,31)(H,30,32)(H2,27,29,33). The molecule has 0 spiro atoms. The molecule has 1 saturated carbocycles. The minimum Gasteiger partial charge on any atom is -0.338 e. The van der Waals surface area contributed by atoms with E-state index in [0.29, 0.717) is 29.4 Å². The predicted octanol–water partition coefficient (Wildman–Crippen LogP) is 4.45. The predicted molar refractivity (Wildman–Crippen MR) is 137 cm³/mol. The van der Waals surface area contributed by atoms with Crippen molar-refractivity contribution in [2.45, 2.75) is 44.6 Å². The van der Waals surface area contributed by atoms with Crippen molar-refractivity contribution in [3.8, 4) is 0 Å². The number of hydroxylamine groups is 1. The third-order valence-corrected chi connectivity index (χ3v) is 7.40. The molecule has 2 aromatic carbocycles. The highest BCUT2D eigenvalue weighted by molar-refractivity contribution is 7.20. The minimum absolute atomic E-state index is 0.329. The van der Waals surface area contributed by atoms with Crippen LogP contribution in [0.25, 0.3) is 10.1 Å².